The van der Waals surface area contributed by atoms with Crippen LogP contribution in [0.25, 0.3) is 0 Å². The molecule has 1 aromatic rings. The zero-order valence-corrected chi connectivity index (χ0v) is 14.0. The maximum Gasteiger partial charge on any atom is 0.261 e. The molecule has 1 rings (SSSR count). The van der Waals surface area contributed by atoms with Crippen molar-refractivity contribution in [3.8, 4) is 11.8 Å². The maximum absolute atomic E-state index is 12.0. The van der Waals surface area contributed by atoms with Crippen molar-refractivity contribution < 1.29 is 9.90 Å². The molecule has 4 nitrogen and oxygen atoms in total. The highest BCUT2D eigenvalue weighted by atomic mass is 32.1. The lowest BCUT2D eigenvalue weighted by Crippen LogP contribution is -2.42. The Hall–Kier alpha value is -1.35. The smallest absolute Gasteiger partial charge is 0.261 e. The molecule has 0 aliphatic carbocycles. The van der Waals surface area contributed by atoms with E-state index in [1.165, 1.54) is 11.3 Å². The van der Waals surface area contributed by atoms with Crippen LogP contribution in [0.15, 0.2) is 12.1 Å². The molecule has 116 valence electrons. The van der Waals surface area contributed by atoms with Crippen molar-refractivity contribution >= 4 is 17.2 Å². The second-order valence-electron chi connectivity index (χ2n) is 5.31. The predicted molar refractivity (Wildman–Crippen MR) is 87.6 cm³/mol. The number of rotatable bonds is 6. The Bertz CT molecular complexity index is 504. The van der Waals surface area contributed by atoms with Crippen LogP contribution < -0.4 is 5.32 Å². The molecule has 0 aromatic carbocycles. The number of amides is 1. The van der Waals surface area contributed by atoms with Crippen molar-refractivity contribution in [2.45, 2.75) is 39.8 Å². The van der Waals surface area contributed by atoms with Crippen LogP contribution in [0.2, 0.25) is 0 Å². The average molecular weight is 308 g/mol. The Balaban J connectivity index is 2.48. The number of hydrogen-bond acceptors (Lipinski definition) is 4. The molecule has 0 aliphatic heterocycles. The first-order chi connectivity index (χ1) is 9.95. The van der Waals surface area contributed by atoms with Gasteiger partial charge in [-0.1, -0.05) is 11.8 Å². The van der Waals surface area contributed by atoms with Crippen molar-refractivity contribution in [2.75, 3.05) is 19.7 Å². The lowest BCUT2D eigenvalue weighted by molar-refractivity contribution is 0.0943. The SMILES string of the molecule is CC(C)N(CCNC(=O)c1ccc(C#CCO)s1)C(C)C. The fraction of sp³-hybridized carbons (Fsp3) is 0.562. The van der Waals surface area contributed by atoms with Gasteiger partial charge in [0.15, 0.2) is 0 Å². The van der Waals surface area contributed by atoms with Crippen LogP contribution >= 0.6 is 11.3 Å². The van der Waals surface area contributed by atoms with E-state index in [0.29, 0.717) is 23.5 Å². The summed E-state index contributed by atoms with van der Waals surface area (Å²) in [4.78, 5) is 15.8. The highest BCUT2D eigenvalue weighted by Crippen LogP contribution is 2.15. The second kappa shape index (κ2) is 8.83. The molecule has 0 fully saturated rings. The van der Waals surface area contributed by atoms with Gasteiger partial charge in [-0.25, -0.2) is 0 Å². The molecule has 2 N–H and O–H groups in total. The zero-order valence-electron chi connectivity index (χ0n) is 13.1. The molecule has 0 saturated carbocycles. The number of hydrogen-bond donors (Lipinski definition) is 2. The summed E-state index contributed by atoms with van der Waals surface area (Å²) in [7, 11) is 0. The molecule has 0 radical (unpaired) electrons. The van der Waals surface area contributed by atoms with E-state index in [4.69, 9.17) is 5.11 Å². The van der Waals surface area contributed by atoms with Crippen molar-refractivity contribution in [1.82, 2.24) is 10.2 Å². The van der Waals surface area contributed by atoms with E-state index < -0.39 is 0 Å². The molecule has 0 saturated heterocycles. The van der Waals surface area contributed by atoms with Crippen LogP contribution in [0.1, 0.15) is 42.2 Å². The van der Waals surface area contributed by atoms with Crippen LogP contribution in [-0.4, -0.2) is 47.7 Å². The third-order valence-corrected chi connectivity index (χ3v) is 4.10. The van der Waals surface area contributed by atoms with Gasteiger partial charge in [0.05, 0.1) is 9.75 Å². The Morgan fingerprint density at radius 1 is 1.33 bits per heavy atom. The van der Waals surface area contributed by atoms with Gasteiger partial charge in [-0.2, -0.15) is 0 Å². The maximum atomic E-state index is 12.0. The number of aliphatic hydroxyl groups is 1. The molecule has 21 heavy (non-hydrogen) atoms. The number of nitrogens with one attached hydrogen (secondary N) is 1. The van der Waals surface area contributed by atoms with Gasteiger partial charge in [0, 0.05) is 25.2 Å². The van der Waals surface area contributed by atoms with Crippen molar-refractivity contribution in [1.29, 1.82) is 0 Å². The van der Waals surface area contributed by atoms with Crippen LogP contribution in [-0.2, 0) is 0 Å². The largest absolute Gasteiger partial charge is 0.384 e. The lowest BCUT2D eigenvalue weighted by Gasteiger charge is -2.30. The number of nitrogens with zero attached hydrogens (tertiary/aromatic N) is 1. The summed E-state index contributed by atoms with van der Waals surface area (Å²) >= 11 is 1.34. The number of carbonyl (C=O) groups excluding carboxylic acids is 1. The third-order valence-electron chi connectivity index (χ3n) is 3.10. The van der Waals surface area contributed by atoms with E-state index in [-0.39, 0.29) is 12.5 Å². The van der Waals surface area contributed by atoms with Crippen LogP contribution in [0.5, 0.6) is 0 Å². The van der Waals surface area contributed by atoms with Crippen molar-refractivity contribution in [3.05, 3.63) is 21.9 Å². The van der Waals surface area contributed by atoms with Crippen LogP contribution in [0.4, 0.5) is 0 Å². The van der Waals surface area contributed by atoms with E-state index in [1.807, 2.05) is 0 Å². The monoisotopic (exact) mass is 308 g/mol. The fourth-order valence-corrected chi connectivity index (χ4v) is 2.95. The molecule has 0 bridgehead atoms. The van der Waals surface area contributed by atoms with Gasteiger partial charge in [-0.3, -0.25) is 9.69 Å². The first kappa shape index (κ1) is 17.7. The molecule has 0 atom stereocenters. The molecule has 5 heteroatoms. The molecule has 1 heterocycles. The van der Waals surface area contributed by atoms with Crippen molar-refractivity contribution in [2.24, 2.45) is 0 Å². The summed E-state index contributed by atoms with van der Waals surface area (Å²) in [6.45, 7) is 9.94. The standard InChI is InChI=1S/C16H24N2O2S/c1-12(2)18(13(3)4)10-9-17-16(20)15-8-7-14(21-15)6-5-11-19/h7-8,12-13,19H,9-11H2,1-4H3,(H,17,20). The Kier molecular flexibility index (Phi) is 7.44. The first-order valence-corrected chi connectivity index (χ1v) is 8.00. The van der Waals surface area contributed by atoms with E-state index in [9.17, 15) is 4.79 Å². The number of thiophene rings is 1. The quantitative estimate of drug-likeness (QED) is 0.790. The highest BCUT2D eigenvalue weighted by Gasteiger charge is 2.14. The fourth-order valence-electron chi connectivity index (χ4n) is 2.15. The normalized spacial score (nSPS) is 10.9. The van der Waals surface area contributed by atoms with Gasteiger partial charge in [-0.05, 0) is 39.8 Å². The van der Waals surface area contributed by atoms with E-state index >= 15 is 0 Å². The van der Waals surface area contributed by atoms with Crippen LogP contribution in [0.3, 0.4) is 0 Å². The molecular formula is C16H24N2O2S. The Morgan fingerprint density at radius 3 is 2.57 bits per heavy atom. The Morgan fingerprint density at radius 2 is 2.00 bits per heavy atom. The minimum Gasteiger partial charge on any atom is -0.384 e. The lowest BCUT2D eigenvalue weighted by atomic mass is 10.2. The van der Waals surface area contributed by atoms with E-state index in [2.05, 4.69) is 49.8 Å². The van der Waals surface area contributed by atoms with Gasteiger partial charge >= 0.3 is 0 Å². The summed E-state index contributed by atoms with van der Waals surface area (Å²) in [5, 5.41) is 11.6. The highest BCUT2D eigenvalue weighted by molar-refractivity contribution is 7.14. The van der Waals surface area contributed by atoms with Gasteiger partial charge in [-0.15, -0.1) is 11.3 Å². The number of carbonyl (C=O) groups is 1. The first-order valence-electron chi connectivity index (χ1n) is 7.19. The minimum atomic E-state index is -0.167. The van der Waals surface area contributed by atoms with Crippen molar-refractivity contribution in [3.63, 3.8) is 0 Å². The summed E-state index contributed by atoms with van der Waals surface area (Å²) in [5.74, 6) is 5.32. The molecule has 0 aliphatic rings. The average Bonchev–Trinajstić information content (AvgIpc) is 2.89. The van der Waals surface area contributed by atoms with Crippen LogP contribution in [0, 0.1) is 11.8 Å². The summed E-state index contributed by atoms with van der Waals surface area (Å²) < 4.78 is 0. The zero-order chi connectivity index (χ0) is 15.8. The summed E-state index contributed by atoms with van der Waals surface area (Å²) in [5.41, 5.74) is 0. The second-order valence-corrected chi connectivity index (χ2v) is 6.39. The predicted octanol–water partition coefficient (Wildman–Crippen LogP) is 1.94. The molecule has 0 unspecified atom stereocenters. The molecule has 1 amide bonds. The molecular weight excluding hydrogens is 284 g/mol. The van der Waals surface area contributed by atoms with E-state index in [0.717, 1.165) is 11.4 Å². The third kappa shape index (κ3) is 5.88. The molecule has 1 aromatic heterocycles. The summed E-state index contributed by atoms with van der Waals surface area (Å²) in [6, 6.07) is 4.49. The van der Waals surface area contributed by atoms with Gasteiger partial charge in [0.2, 0.25) is 0 Å². The van der Waals surface area contributed by atoms with Gasteiger partial charge < -0.3 is 10.4 Å². The molecule has 0 spiro atoms. The minimum absolute atomic E-state index is 0.0653. The summed E-state index contributed by atoms with van der Waals surface area (Å²) in [6.07, 6.45) is 0. The van der Waals surface area contributed by atoms with Gasteiger partial charge in [0.25, 0.3) is 5.91 Å². The number of aliphatic hydroxyl groups excluding tert-OH is 1. The van der Waals surface area contributed by atoms with E-state index in [1.54, 1.807) is 12.1 Å². The topological polar surface area (TPSA) is 52.6 Å². The van der Waals surface area contributed by atoms with Gasteiger partial charge in [0.1, 0.15) is 6.61 Å². The Labute approximate surface area is 131 Å².